The SMILES string of the molecule is Cc1cn(CCCCC(=O)CCCCC2SCC3NC(=O)NC32)nn1. The summed E-state index contributed by atoms with van der Waals surface area (Å²) in [5.41, 5.74) is 0.927. The van der Waals surface area contributed by atoms with Crippen LogP contribution in [0, 0.1) is 6.92 Å². The van der Waals surface area contributed by atoms with Gasteiger partial charge in [0.1, 0.15) is 5.78 Å². The van der Waals surface area contributed by atoms with Crippen LogP contribution in [0.3, 0.4) is 0 Å². The lowest BCUT2D eigenvalue weighted by Crippen LogP contribution is -2.36. The Morgan fingerprint density at radius 2 is 2.08 bits per heavy atom. The second kappa shape index (κ2) is 8.69. The number of Topliss-reactive ketones (excluding diaryl/α,β-unsaturated/α-hetero) is 1. The summed E-state index contributed by atoms with van der Waals surface area (Å²) in [5, 5.41) is 14.4. The summed E-state index contributed by atoms with van der Waals surface area (Å²) in [6.45, 7) is 2.75. The van der Waals surface area contributed by atoms with E-state index in [9.17, 15) is 9.59 Å². The molecule has 3 rings (SSSR count). The first-order chi connectivity index (χ1) is 12.1. The summed E-state index contributed by atoms with van der Waals surface area (Å²) in [6.07, 6.45) is 8.23. The third-order valence-corrected chi connectivity index (χ3v) is 6.39. The van der Waals surface area contributed by atoms with E-state index in [0.717, 1.165) is 50.1 Å². The standard InChI is InChI=1S/C17H27N5O2S/c1-12-10-22(21-20-12)9-5-4-7-13(23)6-2-3-8-15-16-14(11-25-15)18-17(24)19-16/h10,14-16H,2-9,11H2,1H3,(H2,18,19,24). The summed E-state index contributed by atoms with van der Waals surface area (Å²) in [7, 11) is 0. The van der Waals surface area contributed by atoms with Crippen molar-refractivity contribution in [2.45, 2.75) is 75.7 Å². The number of urea groups is 1. The van der Waals surface area contributed by atoms with Gasteiger partial charge in [-0.1, -0.05) is 11.6 Å². The van der Waals surface area contributed by atoms with Crippen molar-refractivity contribution in [3.63, 3.8) is 0 Å². The van der Waals surface area contributed by atoms with Crippen molar-refractivity contribution in [1.29, 1.82) is 0 Å². The third-order valence-electron chi connectivity index (χ3n) is 4.88. The van der Waals surface area contributed by atoms with E-state index < -0.39 is 0 Å². The molecule has 0 radical (unpaired) electrons. The molecule has 3 unspecified atom stereocenters. The molecule has 0 spiro atoms. The number of nitrogens with one attached hydrogen (secondary N) is 2. The number of unbranched alkanes of at least 4 members (excludes halogenated alkanes) is 2. The highest BCUT2D eigenvalue weighted by Crippen LogP contribution is 2.33. The molecule has 2 fully saturated rings. The Bertz CT molecular complexity index is 606. The molecule has 0 bridgehead atoms. The zero-order valence-electron chi connectivity index (χ0n) is 14.7. The molecule has 2 amide bonds. The number of ketones is 1. The quantitative estimate of drug-likeness (QED) is 0.489. The Hall–Kier alpha value is -1.57. The average molecular weight is 366 g/mol. The van der Waals surface area contributed by atoms with Crippen LogP contribution < -0.4 is 10.6 Å². The summed E-state index contributed by atoms with van der Waals surface area (Å²) in [5.74, 6) is 1.36. The first-order valence-corrected chi connectivity index (χ1v) is 10.2. The Labute approximate surface area is 152 Å². The monoisotopic (exact) mass is 365 g/mol. The minimum atomic E-state index is -0.0310. The lowest BCUT2D eigenvalue weighted by molar-refractivity contribution is -0.119. The fourth-order valence-electron chi connectivity index (χ4n) is 3.54. The molecule has 0 saturated carbocycles. The number of hydrogen-bond acceptors (Lipinski definition) is 5. The van der Waals surface area contributed by atoms with Crippen LogP contribution in [0.1, 0.15) is 50.6 Å². The second-order valence-corrected chi connectivity index (χ2v) is 8.26. The number of thioether (sulfide) groups is 1. The highest BCUT2D eigenvalue weighted by Gasteiger charge is 2.42. The van der Waals surface area contributed by atoms with Crippen LogP contribution in [0.5, 0.6) is 0 Å². The van der Waals surface area contributed by atoms with E-state index in [1.54, 1.807) is 0 Å². The number of aryl methyl sites for hydroxylation is 2. The predicted molar refractivity (Wildman–Crippen MR) is 97.6 cm³/mol. The van der Waals surface area contributed by atoms with E-state index >= 15 is 0 Å². The van der Waals surface area contributed by atoms with E-state index in [1.807, 2.05) is 29.6 Å². The molecule has 7 nitrogen and oxygen atoms in total. The molecular formula is C17H27N5O2S. The third kappa shape index (κ3) is 5.20. The van der Waals surface area contributed by atoms with Gasteiger partial charge in [-0.05, 0) is 32.6 Å². The van der Waals surface area contributed by atoms with Crippen molar-refractivity contribution in [1.82, 2.24) is 25.6 Å². The van der Waals surface area contributed by atoms with Crippen molar-refractivity contribution in [2.24, 2.45) is 0 Å². The van der Waals surface area contributed by atoms with Gasteiger partial charge in [-0.25, -0.2) is 4.79 Å². The first kappa shape index (κ1) is 18.2. The van der Waals surface area contributed by atoms with Crippen molar-refractivity contribution in [3.05, 3.63) is 11.9 Å². The van der Waals surface area contributed by atoms with Gasteiger partial charge in [0.15, 0.2) is 0 Å². The number of aromatic nitrogens is 3. The number of carbonyl (C=O) groups is 2. The van der Waals surface area contributed by atoms with Gasteiger partial charge in [0, 0.05) is 36.6 Å². The number of nitrogens with zero attached hydrogens (tertiary/aromatic N) is 3. The molecule has 3 heterocycles. The van der Waals surface area contributed by atoms with E-state index in [1.165, 1.54) is 0 Å². The van der Waals surface area contributed by atoms with E-state index in [-0.39, 0.29) is 18.1 Å². The van der Waals surface area contributed by atoms with Crippen LogP contribution in [0.2, 0.25) is 0 Å². The van der Waals surface area contributed by atoms with Crippen LogP contribution in [0.15, 0.2) is 6.20 Å². The zero-order valence-corrected chi connectivity index (χ0v) is 15.6. The summed E-state index contributed by atoms with van der Waals surface area (Å²) in [4.78, 5) is 23.3. The average Bonchev–Trinajstić information content (AvgIpc) is 3.25. The van der Waals surface area contributed by atoms with Gasteiger partial charge in [0.2, 0.25) is 0 Å². The normalized spacial score (nSPS) is 24.8. The summed E-state index contributed by atoms with van der Waals surface area (Å²) in [6, 6.07) is 0.531. The molecule has 25 heavy (non-hydrogen) atoms. The minimum absolute atomic E-state index is 0.0310. The molecule has 2 aliphatic rings. The van der Waals surface area contributed by atoms with Crippen LogP contribution in [-0.2, 0) is 11.3 Å². The number of fused-ring (bicyclic) bond motifs is 1. The van der Waals surface area contributed by atoms with E-state index in [4.69, 9.17) is 0 Å². The van der Waals surface area contributed by atoms with Crippen LogP contribution >= 0.6 is 11.8 Å². The first-order valence-electron chi connectivity index (χ1n) is 9.19. The molecular weight excluding hydrogens is 338 g/mol. The molecule has 2 aliphatic heterocycles. The van der Waals surface area contributed by atoms with Crippen molar-refractivity contribution >= 4 is 23.6 Å². The van der Waals surface area contributed by atoms with Gasteiger partial charge in [-0.2, -0.15) is 11.8 Å². The zero-order chi connectivity index (χ0) is 17.6. The van der Waals surface area contributed by atoms with Gasteiger partial charge in [-0.3, -0.25) is 9.48 Å². The summed E-state index contributed by atoms with van der Waals surface area (Å²) >= 11 is 1.94. The van der Waals surface area contributed by atoms with Crippen molar-refractivity contribution in [3.8, 4) is 0 Å². The number of carbonyl (C=O) groups excluding carboxylic acids is 2. The number of amides is 2. The van der Waals surface area contributed by atoms with Crippen molar-refractivity contribution in [2.75, 3.05) is 5.75 Å². The second-order valence-electron chi connectivity index (χ2n) is 6.99. The topological polar surface area (TPSA) is 88.9 Å². The van der Waals surface area contributed by atoms with Crippen LogP contribution in [0.4, 0.5) is 4.79 Å². The molecule has 0 aromatic carbocycles. The maximum absolute atomic E-state index is 12.0. The molecule has 2 saturated heterocycles. The highest BCUT2D eigenvalue weighted by molar-refractivity contribution is 8.00. The Balaban J connectivity index is 1.22. The lowest BCUT2D eigenvalue weighted by atomic mass is 10.0. The number of hydrogen-bond donors (Lipinski definition) is 2. The lowest BCUT2D eigenvalue weighted by Gasteiger charge is -2.16. The van der Waals surface area contributed by atoms with E-state index in [0.29, 0.717) is 23.9 Å². The van der Waals surface area contributed by atoms with Gasteiger partial charge < -0.3 is 10.6 Å². The highest BCUT2D eigenvalue weighted by atomic mass is 32.2. The summed E-state index contributed by atoms with van der Waals surface area (Å²) < 4.78 is 1.84. The molecule has 0 aliphatic carbocycles. The largest absolute Gasteiger partial charge is 0.332 e. The fraction of sp³-hybridized carbons (Fsp3) is 0.765. The minimum Gasteiger partial charge on any atom is -0.332 e. The Kier molecular flexibility index (Phi) is 6.34. The molecule has 3 atom stereocenters. The predicted octanol–water partition coefficient (Wildman–Crippen LogP) is 2.05. The van der Waals surface area contributed by atoms with Gasteiger partial charge in [-0.15, -0.1) is 5.10 Å². The Morgan fingerprint density at radius 1 is 1.28 bits per heavy atom. The molecule has 1 aromatic rings. The van der Waals surface area contributed by atoms with E-state index in [2.05, 4.69) is 20.9 Å². The molecule has 138 valence electrons. The fourth-order valence-corrected chi connectivity index (χ4v) is 5.08. The molecule has 1 aromatic heterocycles. The van der Waals surface area contributed by atoms with Crippen LogP contribution in [0.25, 0.3) is 0 Å². The molecule has 8 heteroatoms. The Morgan fingerprint density at radius 3 is 2.84 bits per heavy atom. The smallest absolute Gasteiger partial charge is 0.315 e. The molecule has 2 N–H and O–H groups in total. The van der Waals surface area contributed by atoms with Gasteiger partial charge >= 0.3 is 6.03 Å². The number of rotatable bonds is 10. The van der Waals surface area contributed by atoms with Crippen molar-refractivity contribution < 1.29 is 9.59 Å². The van der Waals surface area contributed by atoms with Gasteiger partial charge in [0.05, 0.1) is 17.8 Å². The maximum Gasteiger partial charge on any atom is 0.315 e. The maximum atomic E-state index is 12.0. The van der Waals surface area contributed by atoms with Crippen LogP contribution in [-0.4, -0.2) is 49.9 Å². The van der Waals surface area contributed by atoms with Gasteiger partial charge in [0.25, 0.3) is 0 Å².